The maximum absolute atomic E-state index is 12.8. The average Bonchev–Trinajstić information content (AvgIpc) is 2.59. The molecule has 3 heteroatoms. The average molecular weight is 316 g/mol. The maximum atomic E-state index is 12.8. The zero-order chi connectivity index (χ0) is 17.1. The van der Waals surface area contributed by atoms with Gasteiger partial charge in [0.15, 0.2) is 5.78 Å². The molecule has 0 bridgehead atoms. The Hall–Kier alpha value is -2.94. The van der Waals surface area contributed by atoms with Gasteiger partial charge in [-0.3, -0.25) is 4.79 Å². The quantitative estimate of drug-likeness (QED) is 0.656. The van der Waals surface area contributed by atoms with Crippen LogP contribution in [0.15, 0.2) is 72.3 Å². The predicted octanol–water partition coefficient (Wildman–Crippen LogP) is 4.19. The SMILES string of the molecule is CC1C=CC(Cc2cc(N)ccc2C(=O)c2ccccc2)=CC1=N. The Bertz CT molecular complexity index is 847. The summed E-state index contributed by atoms with van der Waals surface area (Å²) in [5.74, 6) is 0.134. The molecule has 0 aromatic heterocycles. The summed E-state index contributed by atoms with van der Waals surface area (Å²) in [4.78, 5) is 12.8. The molecule has 120 valence electrons. The molecule has 3 nitrogen and oxygen atoms in total. The van der Waals surface area contributed by atoms with Crippen LogP contribution in [0.4, 0.5) is 5.69 Å². The first-order valence-electron chi connectivity index (χ1n) is 8.00. The second kappa shape index (κ2) is 6.67. The molecule has 0 saturated carbocycles. The minimum Gasteiger partial charge on any atom is -0.399 e. The molecule has 0 amide bonds. The molecule has 1 aliphatic rings. The van der Waals surface area contributed by atoms with Crippen molar-refractivity contribution >= 4 is 17.2 Å². The molecule has 2 aromatic rings. The molecule has 0 radical (unpaired) electrons. The Labute approximate surface area is 142 Å². The summed E-state index contributed by atoms with van der Waals surface area (Å²) < 4.78 is 0. The standard InChI is InChI=1S/C21H20N2O/c1-14-7-8-15(12-20(14)23)11-17-13-18(22)9-10-19(17)21(24)16-5-3-2-4-6-16/h2-10,12-14,23H,11,22H2,1H3. The lowest BCUT2D eigenvalue weighted by atomic mass is 9.89. The first-order valence-corrected chi connectivity index (χ1v) is 8.00. The fourth-order valence-electron chi connectivity index (χ4n) is 2.81. The molecule has 0 aliphatic heterocycles. The van der Waals surface area contributed by atoms with Crippen molar-refractivity contribution in [3.8, 4) is 0 Å². The third-order valence-electron chi connectivity index (χ3n) is 4.23. The fourth-order valence-corrected chi connectivity index (χ4v) is 2.81. The van der Waals surface area contributed by atoms with Crippen LogP contribution in [0, 0.1) is 11.3 Å². The van der Waals surface area contributed by atoms with E-state index in [2.05, 4.69) is 0 Å². The number of carbonyl (C=O) groups is 1. The van der Waals surface area contributed by atoms with Crippen molar-refractivity contribution < 1.29 is 4.79 Å². The van der Waals surface area contributed by atoms with Crippen LogP contribution in [-0.2, 0) is 6.42 Å². The molecule has 3 N–H and O–H groups in total. The molecular formula is C21H20N2O. The number of rotatable bonds is 4. The highest BCUT2D eigenvalue weighted by atomic mass is 16.1. The van der Waals surface area contributed by atoms with Gasteiger partial charge in [0.2, 0.25) is 0 Å². The lowest BCUT2D eigenvalue weighted by Gasteiger charge is -2.15. The first-order chi connectivity index (χ1) is 11.5. The minimum absolute atomic E-state index is 0.00515. The van der Waals surface area contributed by atoms with E-state index in [0.29, 0.717) is 28.9 Å². The molecule has 1 aliphatic carbocycles. The summed E-state index contributed by atoms with van der Waals surface area (Å²) >= 11 is 0. The summed E-state index contributed by atoms with van der Waals surface area (Å²) in [6, 6.07) is 14.7. The van der Waals surface area contributed by atoms with E-state index in [1.807, 2.05) is 61.5 Å². The number of benzene rings is 2. The molecule has 2 aromatic carbocycles. The third kappa shape index (κ3) is 3.35. The maximum Gasteiger partial charge on any atom is 0.193 e. The van der Waals surface area contributed by atoms with Crippen LogP contribution in [0.1, 0.15) is 28.4 Å². The van der Waals surface area contributed by atoms with E-state index in [-0.39, 0.29) is 11.7 Å². The molecule has 1 atom stereocenters. The van der Waals surface area contributed by atoms with Gasteiger partial charge < -0.3 is 11.1 Å². The lowest BCUT2D eigenvalue weighted by Crippen LogP contribution is -2.11. The highest BCUT2D eigenvalue weighted by molar-refractivity contribution is 6.10. The summed E-state index contributed by atoms with van der Waals surface area (Å²) in [6.45, 7) is 2.00. The van der Waals surface area contributed by atoms with Gasteiger partial charge in [-0.2, -0.15) is 0 Å². The van der Waals surface area contributed by atoms with Crippen molar-refractivity contribution in [2.24, 2.45) is 5.92 Å². The van der Waals surface area contributed by atoms with E-state index in [4.69, 9.17) is 11.1 Å². The number of hydrogen-bond acceptors (Lipinski definition) is 3. The second-order valence-corrected chi connectivity index (χ2v) is 6.11. The largest absolute Gasteiger partial charge is 0.399 e. The molecule has 3 rings (SSSR count). The fraction of sp³-hybridized carbons (Fsp3) is 0.143. The van der Waals surface area contributed by atoms with Crippen LogP contribution in [0.2, 0.25) is 0 Å². The van der Waals surface area contributed by atoms with E-state index in [0.717, 1.165) is 11.1 Å². The van der Waals surface area contributed by atoms with E-state index in [1.54, 1.807) is 12.1 Å². The van der Waals surface area contributed by atoms with Crippen molar-refractivity contribution in [1.29, 1.82) is 5.41 Å². The Kier molecular flexibility index (Phi) is 4.43. The van der Waals surface area contributed by atoms with Crippen molar-refractivity contribution in [1.82, 2.24) is 0 Å². The third-order valence-corrected chi connectivity index (χ3v) is 4.23. The summed E-state index contributed by atoms with van der Waals surface area (Å²) in [6.07, 6.45) is 6.51. The van der Waals surface area contributed by atoms with Gasteiger partial charge in [-0.05, 0) is 41.8 Å². The van der Waals surface area contributed by atoms with Crippen LogP contribution in [-0.4, -0.2) is 11.5 Å². The second-order valence-electron chi connectivity index (χ2n) is 6.11. The molecule has 0 fully saturated rings. The van der Waals surface area contributed by atoms with Crippen LogP contribution < -0.4 is 5.73 Å². The number of anilines is 1. The van der Waals surface area contributed by atoms with Crippen molar-refractivity contribution in [3.63, 3.8) is 0 Å². The van der Waals surface area contributed by atoms with Gasteiger partial charge in [0, 0.05) is 28.4 Å². The van der Waals surface area contributed by atoms with Crippen LogP contribution in [0.3, 0.4) is 0 Å². The predicted molar refractivity (Wildman–Crippen MR) is 98.5 cm³/mol. The summed E-state index contributed by atoms with van der Waals surface area (Å²) in [5.41, 5.74) is 10.4. The van der Waals surface area contributed by atoms with Crippen molar-refractivity contribution in [2.45, 2.75) is 13.3 Å². The van der Waals surface area contributed by atoms with Gasteiger partial charge in [-0.25, -0.2) is 0 Å². The first kappa shape index (κ1) is 15.9. The highest BCUT2D eigenvalue weighted by Gasteiger charge is 2.16. The number of nitrogens with two attached hydrogens (primary N) is 1. The number of ketones is 1. The minimum atomic E-state index is -0.00515. The van der Waals surface area contributed by atoms with E-state index < -0.39 is 0 Å². The number of nitrogens with one attached hydrogen (secondary N) is 1. The molecule has 0 saturated heterocycles. The smallest absolute Gasteiger partial charge is 0.193 e. The Morgan fingerprint density at radius 3 is 2.62 bits per heavy atom. The van der Waals surface area contributed by atoms with Crippen LogP contribution in [0.25, 0.3) is 0 Å². The molecule has 1 unspecified atom stereocenters. The normalized spacial score (nSPS) is 16.8. The lowest BCUT2D eigenvalue weighted by molar-refractivity contribution is 0.103. The Balaban J connectivity index is 1.95. The van der Waals surface area contributed by atoms with Gasteiger partial charge in [0.1, 0.15) is 0 Å². The van der Waals surface area contributed by atoms with Gasteiger partial charge in [-0.1, -0.05) is 49.4 Å². The van der Waals surface area contributed by atoms with Gasteiger partial charge in [-0.15, -0.1) is 0 Å². The van der Waals surface area contributed by atoms with E-state index in [1.165, 1.54) is 0 Å². The van der Waals surface area contributed by atoms with E-state index in [9.17, 15) is 4.79 Å². The zero-order valence-corrected chi connectivity index (χ0v) is 13.6. The topological polar surface area (TPSA) is 66.9 Å². The van der Waals surface area contributed by atoms with Crippen molar-refractivity contribution in [3.05, 3.63) is 89.0 Å². The Morgan fingerprint density at radius 2 is 1.92 bits per heavy atom. The molecular weight excluding hydrogens is 296 g/mol. The number of nitrogen functional groups attached to an aromatic ring is 1. The number of carbonyl (C=O) groups excluding carboxylic acids is 1. The van der Waals surface area contributed by atoms with E-state index >= 15 is 0 Å². The number of allylic oxidation sites excluding steroid dienone is 4. The van der Waals surface area contributed by atoms with Crippen LogP contribution >= 0.6 is 0 Å². The monoisotopic (exact) mass is 316 g/mol. The molecule has 0 spiro atoms. The van der Waals surface area contributed by atoms with Gasteiger partial charge >= 0.3 is 0 Å². The van der Waals surface area contributed by atoms with Gasteiger partial charge in [0.25, 0.3) is 0 Å². The van der Waals surface area contributed by atoms with Crippen LogP contribution in [0.5, 0.6) is 0 Å². The molecule has 0 heterocycles. The summed E-state index contributed by atoms with van der Waals surface area (Å²) in [5, 5.41) is 7.99. The van der Waals surface area contributed by atoms with Crippen molar-refractivity contribution in [2.75, 3.05) is 5.73 Å². The zero-order valence-electron chi connectivity index (χ0n) is 13.6. The Morgan fingerprint density at radius 1 is 1.17 bits per heavy atom. The molecule has 24 heavy (non-hydrogen) atoms. The summed E-state index contributed by atoms with van der Waals surface area (Å²) in [7, 11) is 0. The number of hydrogen-bond donors (Lipinski definition) is 2. The van der Waals surface area contributed by atoms with Gasteiger partial charge in [0.05, 0.1) is 0 Å². The highest BCUT2D eigenvalue weighted by Crippen LogP contribution is 2.23.